The van der Waals surface area contributed by atoms with E-state index in [2.05, 4.69) is 17.6 Å². The maximum Gasteiger partial charge on any atom is 0.117 e. The molecule has 2 fully saturated rings. The summed E-state index contributed by atoms with van der Waals surface area (Å²) in [6, 6.07) is 0. The predicted molar refractivity (Wildman–Crippen MR) is 51.0 cm³/mol. The summed E-state index contributed by atoms with van der Waals surface area (Å²) in [5.41, 5.74) is 0. The Balaban J connectivity index is 2.02. The van der Waals surface area contributed by atoms with Gasteiger partial charge in [-0.3, -0.25) is 5.32 Å². The monoisotopic (exact) mass is 188 g/mol. The lowest BCUT2D eigenvalue weighted by Gasteiger charge is -2.33. The van der Waals surface area contributed by atoms with Gasteiger partial charge >= 0.3 is 0 Å². The van der Waals surface area contributed by atoms with Crippen LogP contribution in [0.25, 0.3) is 0 Å². The molecule has 3 N–H and O–H groups in total. The zero-order chi connectivity index (χ0) is 8.60. The summed E-state index contributed by atoms with van der Waals surface area (Å²) in [4.78, 5) is 0.171. The standard InChI is InChI=1S/C8H16N2OS/c1-6-7(11)10-8(12-6)2-4-9-5-3-8/h6-7,9-11H,2-5H2,1H3/t6-,7?/m0/s1. The van der Waals surface area contributed by atoms with E-state index in [-0.39, 0.29) is 11.1 Å². The third kappa shape index (κ3) is 1.48. The van der Waals surface area contributed by atoms with E-state index in [4.69, 9.17) is 0 Å². The molecular weight excluding hydrogens is 172 g/mol. The number of aliphatic hydroxyl groups is 1. The Hall–Kier alpha value is 0.230. The Kier molecular flexibility index (Phi) is 2.33. The van der Waals surface area contributed by atoms with Crippen LogP contribution < -0.4 is 10.6 Å². The smallest absolute Gasteiger partial charge is 0.117 e. The van der Waals surface area contributed by atoms with Gasteiger partial charge in [0.1, 0.15) is 6.23 Å². The Labute approximate surface area is 77.3 Å². The van der Waals surface area contributed by atoms with Crippen LogP contribution in [0.5, 0.6) is 0 Å². The molecule has 2 saturated heterocycles. The van der Waals surface area contributed by atoms with Crippen LogP contribution in [0.1, 0.15) is 19.8 Å². The number of nitrogens with one attached hydrogen (secondary N) is 2. The molecule has 2 aliphatic rings. The van der Waals surface area contributed by atoms with Gasteiger partial charge in [-0.1, -0.05) is 0 Å². The molecular formula is C8H16N2OS. The minimum atomic E-state index is -0.312. The maximum absolute atomic E-state index is 9.56. The van der Waals surface area contributed by atoms with E-state index in [1.54, 1.807) is 0 Å². The molecule has 0 aromatic rings. The van der Waals surface area contributed by atoms with E-state index in [0.717, 1.165) is 25.9 Å². The second-order valence-electron chi connectivity index (χ2n) is 3.66. The number of piperidine rings is 1. The molecule has 12 heavy (non-hydrogen) atoms. The molecule has 2 atom stereocenters. The summed E-state index contributed by atoms with van der Waals surface area (Å²) >= 11 is 1.90. The van der Waals surface area contributed by atoms with Crippen LogP contribution in [0.4, 0.5) is 0 Å². The van der Waals surface area contributed by atoms with Gasteiger partial charge in [-0.2, -0.15) is 0 Å². The second-order valence-corrected chi connectivity index (χ2v) is 5.42. The zero-order valence-corrected chi connectivity index (χ0v) is 8.16. The van der Waals surface area contributed by atoms with Crippen molar-refractivity contribution in [3.05, 3.63) is 0 Å². The molecule has 0 aromatic carbocycles. The number of hydrogen-bond donors (Lipinski definition) is 3. The highest BCUT2D eigenvalue weighted by molar-refractivity contribution is 8.01. The number of rotatable bonds is 0. The van der Waals surface area contributed by atoms with E-state index >= 15 is 0 Å². The summed E-state index contributed by atoms with van der Waals surface area (Å²) < 4.78 is 0. The van der Waals surface area contributed by atoms with Crippen LogP contribution in [0.15, 0.2) is 0 Å². The van der Waals surface area contributed by atoms with Crippen LogP contribution in [-0.2, 0) is 0 Å². The molecule has 0 amide bonds. The molecule has 0 bridgehead atoms. The molecule has 70 valence electrons. The van der Waals surface area contributed by atoms with E-state index in [1.165, 1.54) is 0 Å². The highest BCUT2D eigenvalue weighted by Gasteiger charge is 2.43. The molecule has 1 unspecified atom stereocenters. The topological polar surface area (TPSA) is 44.3 Å². The molecule has 0 aliphatic carbocycles. The van der Waals surface area contributed by atoms with Gasteiger partial charge in [0.15, 0.2) is 0 Å². The third-order valence-corrected chi connectivity index (χ3v) is 4.29. The van der Waals surface area contributed by atoms with Gasteiger partial charge in [0.2, 0.25) is 0 Å². The van der Waals surface area contributed by atoms with Crippen LogP contribution in [0.2, 0.25) is 0 Å². The van der Waals surface area contributed by atoms with Crippen LogP contribution in [0, 0.1) is 0 Å². The lowest BCUT2D eigenvalue weighted by Crippen LogP contribution is -2.49. The summed E-state index contributed by atoms with van der Waals surface area (Å²) in [6.45, 7) is 4.22. The van der Waals surface area contributed by atoms with Crippen LogP contribution in [0.3, 0.4) is 0 Å². The van der Waals surface area contributed by atoms with Crippen molar-refractivity contribution in [3.63, 3.8) is 0 Å². The Morgan fingerprint density at radius 1 is 1.42 bits per heavy atom. The van der Waals surface area contributed by atoms with E-state index in [0.29, 0.717) is 5.25 Å². The van der Waals surface area contributed by atoms with Crippen molar-refractivity contribution < 1.29 is 5.11 Å². The first kappa shape index (κ1) is 8.81. The fourth-order valence-corrected chi connectivity index (χ4v) is 3.47. The minimum absolute atomic E-state index is 0.171. The number of aliphatic hydroxyl groups excluding tert-OH is 1. The minimum Gasteiger partial charge on any atom is -0.377 e. The summed E-state index contributed by atoms with van der Waals surface area (Å²) in [6.07, 6.45) is 1.94. The van der Waals surface area contributed by atoms with Crippen molar-refractivity contribution in [1.82, 2.24) is 10.6 Å². The van der Waals surface area contributed by atoms with Crippen molar-refractivity contribution in [2.75, 3.05) is 13.1 Å². The molecule has 0 saturated carbocycles. The summed E-state index contributed by atoms with van der Waals surface area (Å²) in [5.74, 6) is 0. The van der Waals surface area contributed by atoms with E-state index in [1.807, 2.05) is 11.8 Å². The molecule has 1 spiro atoms. The summed E-state index contributed by atoms with van der Waals surface area (Å²) in [5, 5.41) is 16.5. The SMILES string of the molecule is C[C@@H]1SC2(CCNCC2)NC1O. The predicted octanol–water partition coefficient (Wildman–Crippen LogP) is 0.109. The van der Waals surface area contributed by atoms with Crippen molar-refractivity contribution >= 4 is 11.8 Å². The molecule has 4 heteroatoms. The van der Waals surface area contributed by atoms with Gasteiger partial charge in [0.05, 0.1) is 4.87 Å². The van der Waals surface area contributed by atoms with Crippen molar-refractivity contribution in [3.8, 4) is 0 Å². The highest BCUT2D eigenvalue weighted by Crippen LogP contribution is 2.41. The van der Waals surface area contributed by atoms with Crippen LogP contribution in [-0.4, -0.2) is 34.5 Å². The first-order valence-corrected chi connectivity index (χ1v) is 5.44. The second kappa shape index (κ2) is 3.18. The van der Waals surface area contributed by atoms with Gasteiger partial charge in [-0.05, 0) is 32.9 Å². The lowest BCUT2D eigenvalue weighted by atomic mass is 10.1. The van der Waals surface area contributed by atoms with E-state index in [9.17, 15) is 5.11 Å². The quantitative estimate of drug-likeness (QED) is 0.505. The maximum atomic E-state index is 9.56. The molecule has 0 radical (unpaired) electrons. The highest BCUT2D eigenvalue weighted by atomic mass is 32.2. The van der Waals surface area contributed by atoms with Gasteiger partial charge in [0, 0.05) is 5.25 Å². The van der Waals surface area contributed by atoms with Crippen molar-refractivity contribution in [2.24, 2.45) is 0 Å². The third-order valence-electron chi connectivity index (χ3n) is 2.68. The van der Waals surface area contributed by atoms with Gasteiger partial charge in [-0.25, -0.2) is 0 Å². The zero-order valence-electron chi connectivity index (χ0n) is 7.34. The fraction of sp³-hybridized carbons (Fsp3) is 1.00. The van der Waals surface area contributed by atoms with Crippen LogP contribution >= 0.6 is 11.8 Å². The van der Waals surface area contributed by atoms with Crippen molar-refractivity contribution in [2.45, 2.75) is 36.1 Å². The first-order valence-electron chi connectivity index (χ1n) is 4.56. The average Bonchev–Trinajstić information content (AvgIpc) is 2.29. The number of hydrogen-bond acceptors (Lipinski definition) is 4. The normalized spacial score (nSPS) is 40.5. The summed E-state index contributed by atoms with van der Waals surface area (Å²) in [7, 11) is 0. The molecule has 2 rings (SSSR count). The molecule has 2 aliphatic heterocycles. The van der Waals surface area contributed by atoms with Crippen molar-refractivity contribution in [1.29, 1.82) is 0 Å². The number of thioether (sulfide) groups is 1. The average molecular weight is 188 g/mol. The van der Waals surface area contributed by atoms with Gasteiger partial charge < -0.3 is 10.4 Å². The fourth-order valence-electron chi connectivity index (χ4n) is 1.93. The molecule has 3 nitrogen and oxygen atoms in total. The largest absolute Gasteiger partial charge is 0.377 e. The molecule has 2 heterocycles. The Morgan fingerprint density at radius 3 is 2.58 bits per heavy atom. The lowest BCUT2D eigenvalue weighted by molar-refractivity contribution is 0.123. The van der Waals surface area contributed by atoms with Gasteiger partial charge in [-0.15, -0.1) is 11.8 Å². The van der Waals surface area contributed by atoms with E-state index < -0.39 is 0 Å². The van der Waals surface area contributed by atoms with Gasteiger partial charge in [0.25, 0.3) is 0 Å². The first-order chi connectivity index (χ1) is 5.72. The Bertz CT molecular complexity index is 158. The Morgan fingerprint density at radius 2 is 2.08 bits per heavy atom. The molecule has 0 aromatic heterocycles.